The molecule has 0 saturated heterocycles. The smallest absolute Gasteiger partial charge is 0.314 e. The van der Waals surface area contributed by atoms with Crippen molar-refractivity contribution in [2.24, 2.45) is 11.8 Å². The Kier molecular flexibility index (Phi) is 17.0. The minimum atomic E-state index is -1.31. The zero-order chi connectivity index (χ0) is 16.0. The van der Waals surface area contributed by atoms with Gasteiger partial charge in [0.05, 0.1) is 0 Å². The summed E-state index contributed by atoms with van der Waals surface area (Å²) in [5.74, 6) is -0.669. The second-order valence-corrected chi connectivity index (χ2v) is 6.40. The quantitative estimate of drug-likeness (QED) is 0.366. The third kappa shape index (κ3) is 17.9. The molecule has 0 aliphatic heterocycles. The molecule has 0 spiro atoms. The molecule has 0 saturated carbocycles. The van der Waals surface area contributed by atoms with Crippen LogP contribution in [-0.4, -0.2) is 50.1 Å². The molecule has 1 unspecified atom stereocenters. The monoisotopic (exact) mass is 296 g/mol. The van der Waals surface area contributed by atoms with E-state index in [0.717, 1.165) is 11.8 Å². The first-order chi connectivity index (χ1) is 9.34. The number of rotatable bonds is 10. The molecule has 20 heavy (non-hydrogen) atoms. The summed E-state index contributed by atoms with van der Waals surface area (Å²) in [6, 6.07) is 0. The normalized spacial score (nSPS) is 11.7. The van der Waals surface area contributed by atoms with Gasteiger partial charge in [0.15, 0.2) is 0 Å². The first-order valence-corrected chi connectivity index (χ1v) is 9.20. The maximum atomic E-state index is 9.43. The maximum absolute atomic E-state index is 9.43. The summed E-state index contributed by atoms with van der Waals surface area (Å²) in [4.78, 5) is 18.9. The van der Waals surface area contributed by atoms with E-state index in [1.165, 1.54) is 70.1 Å². The maximum Gasteiger partial charge on any atom is 0.314 e. The van der Waals surface area contributed by atoms with Crippen molar-refractivity contribution in [1.29, 1.82) is 0 Å². The van der Waals surface area contributed by atoms with Gasteiger partial charge in [0, 0.05) is 0 Å². The third-order valence-corrected chi connectivity index (χ3v) is 4.50. The van der Waals surface area contributed by atoms with Gasteiger partial charge in [-0.2, -0.15) is 0 Å². The molecule has 0 aromatic heterocycles. The zero-order valence-corrected chi connectivity index (χ0v) is 15.5. The van der Waals surface area contributed by atoms with Gasteiger partial charge in [-0.15, -0.1) is 0 Å². The standard InChI is InChI=1S/C12H25.C3H4O4.Na/c1-5-6-7-8-9-10-12(4)11(2)3;4-2(5)1-3(6)7;/h11-12H,4-10H2,1-3H3;1H2,(H,4,5)(H,6,7);. The molecule has 0 rings (SSSR count). The molecule has 0 fully saturated rings. The van der Waals surface area contributed by atoms with Crippen molar-refractivity contribution < 1.29 is 19.8 Å². The fourth-order valence-corrected chi connectivity index (χ4v) is 3.50. The zero-order valence-electron chi connectivity index (χ0n) is 13.5. The Morgan fingerprint density at radius 2 is 1.50 bits per heavy atom. The van der Waals surface area contributed by atoms with E-state index in [1.807, 2.05) is 0 Å². The Labute approximate surface area is 140 Å². The minimum Gasteiger partial charge on any atom is -0.481 e. The largest absolute Gasteiger partial charge is 0.481 e. The molecule has 0 amide bonds. The second kappa shape index (κ2) is 15.3. The van der Waals surface area contributed by atoms with Crippen LogP contribution in [0, 0.1) is 11.8 Å². The molecule has 0 aliphatic rings. The van der Waals surface area contributed by atoms with Gasteiger partial charge in [-0.3, -0.25) is 9.59 Å². The van der Waals surface area contributed by atoms with Crippen LogP contribution in [-0.2, 0) is 9.59 Å². The van der Waals surface area contributed by atoms with Gasteiger partial charge in [0.2, 0.25) is 0 Å². The van der Waals surface area contributed by atoms with Crippen LogP contribution in [0.5, 0.6) is 0 Å². The molecule has 0 aromatic rings. The summed E-state index contributed by atoms with van der Waals surface area (Å²) in [7, 11) is 0. The van der Waals surface area contributed by atoms with Crippen LogP contribution in [0.15, 0.2) is 0 Å². The fraction of sp³-hybridized carbons (Fsp3) is 0.867. The van der Waals surface area contributed by atoms with E-state index in [-0.39, 0.29) is 0 Å². The van der Waals surface area contributed by atoms with E-state index in [4.69, 9.17) is 10.2 Å². The van der Waals surface area contributed by atoms with Crippen LogP contribution in [0.3, 0.4) is 0 Å². The fourth-order valence-electron chi connectivity index (χ4n) is 2.15. The number of hydrogen-bond acceptors (Lipinski definition) is 2. The SMILES string of the molecule is CCCCCCCC([CH2][Na])C(C)C.O=C(O)CC(=O)O. The summed E-state index contributed by atoms with van der Waals surface area (Å²) >= 11 is 1.39. The summed E-state index contributed by atoms with van der Waals surface area (Å²) in [5.41, 5.74) is 0. The van der Waals surface area contributed by atoms with Gasteiger partial charge in [0.1, 0.15) is 6.42 Å². The van der Waals surface area contributed by atoms with Gasteiger partial charge in [-0.05, 0) is 0 Å². The van der Waals surface area contributed by atoms with Gasteiger partial charge in [0.25, 0.3) is 0 Å². The third-order valence-electron chi connectivity index (χ3n) is 3.45. The average molecular weight is 296 g/mol. The van der Waals surface area contributed by atoms with E-state index in [9.17, 15) is 9.59 Å². The van der Waals surface area contributed by atoms with Crippen LogP contribution in [0.4, 0.5) is 0 Å². The molecule has 4 nitrogen and oxygen atoms in total. The molecule has 0 aromatic carbocycles. The first kappa shape index (κ1) is 22.2. The van der Waals surface area contributed by atoms with Crippen LogP contribution in [0.1, 0.15) is 65.7 Å². The van der Waals surface area contributed by atoms with Gasteiger partial charge in [-0.25, -0.2) is 0 Å². The number of aliphatic carboxylic acids is 2. The van der Waals surface area contributed by atoms with Crippen molar-refractivity contribution in [2.45, 2.75) is 69.4 Å². The predicted octanol–water partition coefficient (Wildman–Crippen LogP) is 3.75. The predicted molar refractivity (Wildman–Crippen MR) is 82.2 cm³/mol. The summed E-state index contributed by atoms with van der Waals surface area (Å²) in [5, 5.41) is 15.4. The molecular weight excluding hydrogens is 267 g/mol. The number of carboxylic acid groups (broad SMARTS) is 2. The Balaban J connectivity index is 0. The molecule has 5 heteroatoms. The van der Waals surface area contributed by atoms with Gasteiger partial charge < -0.3 is 10.2 Å². The van der Waals surface area contributed by atoms with Crippen molar-refractivity contribution >= 4 is 39.9 Å². The summed E-state index contributed by atoms with van der Waals surface area (Å²) in [6.07, 6.45) is 7.90. The Morgan fingerprint density at radius 1 is 1.00 bits per heavy atom. The van der Waals surface area contributed by atoms with E-state index in [0.29, 0.717) is 0 Å². The van der Waals surface area contributed by atoms with Crippen LogP contribution >= 0.6 is 0 Å². The van der Waals surface area contributed by atoms with Crippen LogP contribution < -0.4 is 0 Å². The van der Waals surface area contributed by atoms with Crippen molar-refractivity contribution in [2.75, 3.05) is 0 Å². The topological polar surface area (TPSA) is 74.6 Å². The second-order valence-electron chi connectivity index (χ2n) is 5.58. The molecule has 2 N–H and O–H groups in total. The number of unbranched alkanes of at least 4 members (excludes halogenated alkanes) is 4. The molecule has 0 aliphatic carbocycles. The molecule has 1 atom stereocenters. The first-order valence-electron chi connectivity index (χ1n) is 7.78. The number of carboxylic acids is 2. The van der Waals surface area contributed by atoms with Crippen molar-refractivity contribution in [1.82, 2.24) is 0 Å². The van der Waals surface area contributed by atoms with Gasteiger partial charge in [-0.1, -0.05) is 0 Å². The Bertz CT molecular complexity index is 242. The molecule has 0 radical (unpaired) electrons. The molecule has 0 heterocycles. The molecule has 114 valence electrons. The molecular formula is C15H29NaO4. The van der Waals surface area contributed by atoms with Crippen LogP contribution in [0.2, 0.25) is 3.67 Å². The van der Waals surface area contributed by atoms with Crippen molar-refractivity contribution in [3.63, 3.8) is 0 Å². The van der Waals surface area contributed by atoms with E-state index < -0.39 is 18.4 Å². The van der Waals surface area contributed by atoms with Crippen molar-refractivity contribution in [3.8, 4) is 0 Å². The van der Waals surface area contributed by atoms with E-state index in [2.05, 4.69) is 20.8 Å². The molecule has 0 bridgehead atoms. The van der Waals surface area contributed by atoms with E-state index in [1.54, 1.807) is 0 Å². The Hall–Kier alpha value is -0.0600. The van der Waals surface area contributed by atoms with Crippen molar-refractivity contribution in [3.05, 3.63) is 0 Å². The van der Waals surface area contributed by atoms with Crippen LogP contribution in [0.25, 0.3) is 0 Å². The summed E-state index contributed by atoms with van der Waals surface area (Å²) < 4.78 is 1.51. The number of hydrogen-bond donors (Lipinski definition) is 2. The van der Waals surface area contributed by atoms with Gasteiger partial charge >= 0.3 is 115 Å². The Morgan fingerprint density at radius 3 is 1.80 bits per heavy atom. The summed E-state index contributed by atoms with van der Waals surface area (Å²) in [6.45, 7) is 7.05. The number of carbonyl (C=O) groups is 2. The minimum absolute atomic E-state index is 0.806. The van der Waals surface area contributed by atoms with E-state index >= 15 is 0 Å². The average Bonchev–Trinajstić information content (AvgIpc) is 2.32.